The van der Waals surface area contributed by atoms with Gasteiger partial charge in [-0.3, -0.25) is 9.59 Å². The maximum absolute atomic E-state index is 12.5. The Hall–Kier alpha value is -1.36. The zero-order valence-electron chi connectivity index (χ0n) is 10.7. The third-order valence-corrected chi connectivity index (χ3v) is 4.09. The molecule has 1 atom stereocenters. The number of carbonyl (C=O) groups is 2. The van der Waals surface area contributed by atoms with E-state index in [4.69, 9.17) is 5.11 Å². The molecule has 19 heavy (non-hydrogen) atoms. The van der Waals surface area contributed by atoms with Gasteiger partial charge in [0.2, 0.25) is 0 Å². The number of hydrogen-bond acceptors (Lipinski definition) is 2. The summed E-state index contributed by atoms with van der Waals surface area (Å²) in [6.07, 6.45) is 1.66. The Balaban J connectivity index is 2.23. The van der Waals surface area contributed by atoms with Crippen LogP contribution in [0.2, 0.25) is 0 Å². The summed E-state index contributed by atoms with van der Waals surface area (Å²) in [7, 11) is 0. The average molecular weight is 326 g/mol. The monoisotopic (exact) mass is 325 g/mol. The number of carboxylic acids is 1. The predicted molar refractivity (Wildman–Crippen MR) is 75.2 cm³/mol. The standard InChI is InChI=1S/C14H16BrNO3/c1-9-4-5-12(15)11(7-9)14(19)16-6-2-3-10(16)8-13(17)18/h4-5,7,10H,2-3,6,8H2,1H3,(H,17,18). The van der Waals surface area contributed by atoms with E-state index < -0.39 is 5.97 Å². The first-order valence-electron chi connectivity index (χ1n) is 6.28. The van der Waals surface area contributed by atoms with E-state index in [-0.39, 0.29) is 18.4 Å². The van der Waals surface area contributed by atoms with Crippen LogP contribution in [0.5, 0.6) is 0 Å². The lowest BCUT2D eigenvalue weighted by Gasteiger charge is -2.24. The van der Waals surface area contributed by atoms with Gasteiger partial charge in [-0.05, 0) is 47.8 Å². The lowest BCUT2D eigenvalue weighted by atomic mass is 10.1. The van der Waals surface area contributed by atoms with Gasteiger partial charge in [-0.15, -0.1) is 0 Å². The summed E-state index contributed by atoms with van der Waals surface area (Å²) in [5.74, 6) is -0.938. The molecule has 1 fully saturated rings. The topological polar surface area (TPSA) is 57.6 Å². The molecule has 1 aliphatic rings. The Morgan fingerprint density at radius 2 is 2.21 bits per heavy atom. The van der Waals surface area contributed by atoms with Crippen molar-refractivity contribution in [2.24, 2.45) is 0 Å². The van der Waals surface area contributed by atoms with Crippen molar-refractivity contribution < 1.29 is 14.7 Å². The van der Waals surface area contributed by atoms with Crippen molar-refractivity contribution >= 4 is 27.8 Å². The molecule has 1 aliphatic heterocycles. The number of aryl methyl sites for hydroxylation is 1. The molecule has 1 amide bonds. The number of aliphatic carboxylic acids is 1. The van der Waals surface area contributed by atoms with E-state index in [1.165, 1.54) is 0 Å². The molecule has 0 radical (unpaired) electrons. The summed E-state index contributed by atoms with van der Waals surface area (Å²) < 4.78 is 0.754. The van der Waals surface area contributed by atoms with E-state index in [9.17, 15) is 9.59 Å². The van der Waals surface area contributed by atoms with Crippen LogP contribution < -0.4 is 0 Å². The van der Waals surface area contributed by atoms with E-state index in [2.05, 4.69) is 15.9 Å². The van der Waals surface area contributed by atoms with Crippen molar-refractivity contribution in [3.8, 4) is 0 Å². The van der Waals surface area contributed by atoms with Gasteiger partial charge in [0.05, 0.1) is 12.0 Å². The highest BCUT2D eigenvalue weighted by Crippen LogP contribution is 2.26. The number of hydrogen-bond donors (Lipinski definition) is 1. The number of nitrogens with zero attached hydrogens (tertiary/aromatic N) is 1. The van der Waals surface area contributed by atoms with Crippen molar-refractivity contribution in [3.05, 3.63) is 33.8 Å². The van der Waals surface area contributed by atoms with Crippen LogP contribution in [-0.4, -0.2) is 34.5 Å². The molecule has 1 unspecified atom stereocenters. The maximum atomic E-state index is 12.5. The van der Waals surface area contributed by atoms with Crippen LogP contribution in [0.25, 0.3) is 0 Å². The fourth-order valence-electron chi connectivity index (χ4n) is 2.47. The van der Waals surface area contributed by atoms with Crippen molar-refractivity contribution in [2.45, 2.75) is 32.2 Å². The van der Waals surface area contributed by atoms with Gasteiger partial charge < -0.3 is 10.0 Å². The minimum Gasteiger partial charge on any atom is -0.481 e. The summed E-state index contributed by atoms with van der Waals surface area (Å²) >= 11 is 3.39. The second kappa shape index (κ2) is 5.74. The van der Waals surface area contributed by atoms with Gasteiger partial charge in [0, 0.05) is 17.1 Å². The molecular formula is C14H16BrNO3. The van der Waals surface area contributed by atoms with Crippen LogP contribution in [-0.2, 0) is 4.79 Å². The zero-order valence-corrected chi connectivity index (χ0v) is 12.3. The quantitative estimate of drug-likeness (QED) is 0.929. The highest BCUT2D eigenvalue weighted by Gasteiger charge is 2.31. The van der Waals surface area contributed by atoms with Crippen LogP contribution in [0.1, 0.15) is 35.2 Å². The fraction of sp³-hybridized carbons (Fsp3) is 0.429. The molecule has 1 N–H and O–H groups in total. The lowest BCUT2D eigenvalue weighted by Crippen LogP contribution is -2.37. The Morgan fingerprint density at radius 1 is 1.47 bits per heavy atom. The van der Waals surface area contributed by atoms with Crippen LogP contribution in [0, 0.1) is 6.92 Å². The van der Waals surface area contributed by atoms with E-state index in [0.717, 1.165) is 22.9 Å². The third-order valence-electron chi connectivity index (χ3n) is 3.40. The van der Waals surface area contributed by atoms with Gasteiger partial charge in [-0.1, -0.05) is 11.6 Å². The maximum Gasteiger partial charge on any atom is 0.305 e. The largest absolute Gasteiger partial charge is 0.481 e. The van der Waals surface area contributed by atoms with E-state index >= 15 is 0 Å². The van der Waals surface area contributed by atoms with Crippen molar-refractivity contribution in [3.63, 3.8) is 0 Å². The minimum absolute atomic E-state index is 0.0230. The predicted octanol–water partition coefficient (Wildman–Crippen LogP) is 2.84. The number of amides is 1. The van der Waals surface area contributed by atoms with Crippen molar-refractivity contribution in [1.29, 1.82) is 0 Å². The summed E-state index contributed by atoms with van der Waals surface area (Å²) in [6.45, 7) is 2.57. The number of carboxylic acid groups (broad SMARTS) is 1. The van der Waals surface area contributed by atoms with Gasteiger partial charge in [0.15, 0.2) is 0 Å². The van der Waals surface area contributed by atoms with Crippen molar-refractivity contribution in [1.82, 2.24) is 4.90 Å². The molecule has 102 valence electrons. The summed E-state index contributed by atoms with van der Waals surface area (Å²) in [4.78, 5) is 25.0. The first kappa shape index (κ1) is 14.1. The Bertz CT molecular complexity index is 515. The molecule has 0 aliphatic carbocycles. The Kier molecular flexibility index (Phi) is 4.24. The molecule has 1 saturated heterocycles. The summed E-state index contributed by atoms with van der Waals surface area (Å²) in [5, 5.41) is 8.90. The fourth-order valence-corrected chi connectivity index (χ4v) is 2.89. The molecule has 0 aromatic heterocycles. The number of halogens is 1. The van der Waals surface area contributed by atoms with Crippen LogP contribution in [0.4, 0.5) is 0 Å². The smallest absolute Gasteiger partial charge is 0.305 e. The molecule has 1 aromatic carbocycles. The van der Waals surface area contributed by atoms with Crippen LogP contribution >= 0.6 is 15.9 Å². The average Bonchev–Trinajstić information content (AvgIpc) is 2.78. The molecule has 1 aromatic rings. The van der Waals surface area contributed by atoms with Gasteiger partial charge >= 0.3 is 5.97 Å². The molecule has 4 nitrogen and oxygen atoms in total. The van der Waals surface area contributed by atoms with E-state index in [1.54, 1.807) is 4.90 Å². The molecule has 0 saturated carbocycles. The van der Waals surface area contributed by atoms with Gasteiger partial charge in [0.25, 0.3) is 5.91 Å². The molecular weight excluding hydrogens is 310 g/mol. The first-order chi connectivity index (χ1) is 8.99. The Labute approximate surface area is 120 Å². The van der Waals surface area contributed by atoms with Gasteiger partial charge in [0.1, 0.15) is 0 Å². The van der Waals surface area contributed by atoms with Gasteiger partial charge in [-0.2, -0.15) is 0 Å². The SMILES string of the molecule is Cc1ccc(Br)c(C(=O)N2CCCC2CC(=O)O)c1. The van der Waals surface area contributed by atoms with E-state index in [1.807, 2.05) is 25.1 Å². The normalized spacial score (nSPS) is 18.6. The second-order valence-electron chi connectivity index (χ2n) is 4.88. The number of carbonyl (C=O) groups excluding carboxylic acids is 1. The number of likely N-dealkylation sites (tertiary alicyclic amines) is 1. The molecule has 0 spiro atoms. The highest BCUT2D eigenvalue weighted by atomic mass is 79.9. The third kappa shape index (κ3) is 3.15. The zero-order chi connectivity index (χ0) is 14.0. The first-order valence-corrected chi connectivity index (χ1v) is 7.07. The van der Waals surface area contributed by atoms with Crippen LogP contribution in [0.15, 0.2) is 22.7 Å². The van der Waals surface area contributed by atoms with Crippen LogP contribution in [0.3, 0.4) is 0 Å². The minimum atomic E-state index is -0.854. The molecule has 2 rings (SSSR count). The second-order valence-corrected chi connectivity index (χ2v) is 5.73. The number of rotatable bonds is 3. The molecule has 1 heterocycles. The Morgan fingerprint density at radius 3 is 2.89 bits per heavy atom. The van der Waals surface area contributed by atoms with Gasteiger partial charge in [-0.25, -0.2) is 0 Å². The highest BCUT2D eigenvalue weighted by molar-refractivity contribution is 9.10. The number of benzene rings is 1. The van der Waals surface area contributed by atoms with E-state index in [0.29, 0.717) is 12.1 Å². The lowest BCUT2D eigenvalue weighted by molar-refractivity contribution is -0.137. The summed E-state index contributed by atoms with van der Waals surface area (Å²) in [6, 6.07) is 5.44. The van der Waals surface area contributed by atoms with Crippen molar-refractivity contribution in [2.75, 3.05) is 6.54 Å². The molecule has 5 heteroatoms. The summed E-state index contributed by atoms with van der Waals surface area (Å²) in [5.41, 5.74) is 1.62. The molecule has 0 bridgehead atoms.